The Labute approximate surface area is 110 Å². The predicted molar refractivity (Wildman–Crippen MR) is 69.6 cm³/mol. The Balaban J connectivity index is 2.41. The Morgan fingerprint density at radius 3 is 2.89 bits per heavy atom. The Bertz CT molecular complexity index is 635. The number of nitrogens with zero attached hydrogens (tertiary/aromatic N) is 2. The quantitative estimate of drug-likeness (QED) is 0.840. The van der Waals surface area contributed by atoms with Gasteiger partial charge >= 0.3 is 0 Å². The van der Waals surface area contributed by atoms with Crippen LogP contribution in [0.3, 0.4) is 0 Å². The van der Waals surface area contributed by atoms with E-state index in [2.05, 4.69) is 4.98 Å². The van der Waals surface area contributed by atoms with Gasteiger partial charge in [0.25, 0.3) is 0 Å². The number of nitrogens with two attached hydrogens (primary N) is 1. The molecule has 0 spiro atoms. The molecule has 90 valence electrons. The van der Waals surface area contributed by atoms with Gasteiger partial charge < -0.3 is 10.5 Å². The lowest BCUT2D eigenvalue weighted by Gasteiger charge is -2.10. The minimum Gasteiger partial charge on any atom is -0.437 e. The zero-order valence-electron chi connectivity index (χ0n) is 9.64. The van der Waals surface area contributed by atoms with E-state index in [0.29, 0.717) is 17.0 Å². The summed E-state index contributed by atoms with van der Waals surface area (Å²) in [5, 5.41) is 9.07. The van der Waals surface area contributed by atoms with Crippen molar-refractivity contribution in [2.75, 3.05) is 5.73 Å². The molecule has 2 N–H and O–H groups in total. The number of nitriles is 1. The zero-order chi connectivity index (χ0) is 13.1. The molecule has 4 nitrogen and oxygen atoms in total. The fraction of sp³-hybridized carbons (Fsp3) is 0.0769. The van der Waals surface area contributed by atoms with E-state index in [1.54, 1.807) is 12.1 Å². The normalized spacial score (nSPS) is 9.83. The second kappa shape index (κ2) is 4.94. The van der Waals surface area contributed by atoms with Crippen molar-refractivity contribution >= 4 is 17.3 Å². The fourth-order valence-corrected chi connectivity index (χ4v) is 1.61. The molecule has 0 atom stereocenters. The molecule has 1 aromatic carbocycles. The molecule has 5 heteroatoms. The molecule has 0 bridgehead atoms. The van der Waals surface area contributed by atoms with Crippen molar-refractivity contribution in [1.82, 2.24) is 4.98 Å². The molecule has 0 unspecified atom stereocenters. The molecule has 0 aliphatic carbocycles. The molecule has 0 amide bonds. The van der Waals surface area contributed by atoms with Crippen LogP contribution in [0, 0.1) is 18.3 Å². The van der Waals surface area contributed by atoms with Crippen LogP contribution in [0.15, 0.2) is 30.5 Å². The van der Waals surface area contributed by atoms with E-state index >= 15 is 0 Å². The molecule has 18 heavy (non-hydrogen) atoms. The minimum atomic E-state index is 0.196. The lowest BCUT2D eigenvalue weighted by atomic mass is 10.2. The van der Waals surface area contributed by atoms with Gasteiger partial charge in [0.2, 0.25) is 5.88 Å². The van der Waals surface area contributed by atoms with Crippen LogP contribution in [-0.2, 0) is 0 Å². The summed E-state index contributed by atoms with van der Waals surface area (Å²) in [5.74, 6) is 0.768. The first kappa shape index (κ1) is 12.2. The number of anilines is 1. The summed E-state index contributed by atoms with van der Waals surface area (Å²) >= 11 is 6.01. The number of hydrogen-bond acceptors (Lipinski definition) is 4. The summed E-state index contributed by atoms with van der Waals surface area (Å²) in [5.41, 5.74) is 7.51. The number of hydrogen-bond donors (Lipinski definition) is 1. The van der Waals surface area contributed by atoms with E-state index in [9.17, 15) is 0 Å². The first-order valence-electron chi connectivity index (χ1n) is 5.20. The van der Waals surface area contributed by atoms with Gasteiger partial charge in [-0.25, -0.2) is 4.98 Å². The highest BCUT2D eigenvalue weighted by atomic mass is 35.5. The SMILES string of the molecule is Cc1ccc(N)cc1Oc1nccc(C#N)c1Cl. The van der Waals surface area contributed by atoms with Gasteiger partial charge in [0.1, 0.15) is 16.8 Å². The molecule has 0 aliphatic rings. The van der Waals surface area contributed by atoms with Gasteiger partial charge in [0.05, 0.1) is 5.56 Å². The highest BCUT2D eigenvalue weighted by Crippen LogP contribution is 2.31. The summed E-state index contributed by atoms with van der Waals surface area (Å²) in [7, 11) is 0. The maximum atomic E-state index is 8.87. The Kier molecular flexibility index (Phi) is 3.35. The fourth-order valence-electron chi connectivity index (χ4n) is 1.41. The third kappa shape index (κ3) is 2.36. The number of nitrogen functional groups attached to an aromatic ring is 1. The van der Waals surface area contributed by atoms with Crippen LogP contribution < -0.4 is 10.5 Å². The van der Waals surface area contributed by atoms with Crippen LogP contribution in [0.25, 0.3) is 0 Å². The van der Waals surface area contributed by atoms with Crippen LogP contribution in [-0.4, -0.2) is 4.98 Å². The highest BCUT2D eigenvalue weighted by molar-refractivity contribution is 6.33. The summed E-state index contributed by atoms with van der Waals surface area (Å²) in [4.78, 5) is 4.01. The second-order valence-electron chi connectivity index (χ2n) is 3.72. The Morgan fingerprint density at radius 1 is 1.39 bits per heavy atom. The topological polar surface area (TPSA) is 71.9 Å². The van der Waals surface area contributed by atoms with E-state index in [-0.39, 0.29) is 10.9 Å². The van der Waals surface area contributed by atoms with E-state index < -0.39 is 0 Å². The van der Waals surface area contributed by atoms with Crippen molar-refractivity contribution in [2.45, 2.75) is 6.92 Å². The summed E-state index contributed by atoms with van der Waals surface area (Å²) in [6.07, 6.45) is 1.47. The van der Waals surface area contributed by atoms with Gasteiger partial charge in [-0.1, -0.05) is 17.7 Å². The average Bonchev–Trinajstić information content (AvgIpc) is 2.36. The number of halogens is 1. The van der Waals surface area contributed by atoms with Gasteiger partial charge in [-0.2, -0.15) is 5.26 Å². The molecule has 2 rings (SSSR count). The van der Waals surface area contributed by atoms with Crippen LogP contribution >= 0.6 is 11.6 Å². The first-order valence-corrected chi connectivity index (χ1v) is 5.58. The van der Waals surface area contributed by atoms with Crippen molar-refractivity contribution in [1.29, 1.82) is 5.26 Å². The average molecular weight is 260 g/mol. The predicted octanol–water partition coefficient (Wildman–Crippen LogP) is 3.29. The first-order chi connectivity index (χ1) is 8.61. The molecule has 1 aromatic heterocycles. The van der Waals surface area contributed by atoms with E-state index in [0.717, 1.165) is 5.56 Å². The number of ether oxygens (including phenoxy) is 1. The van der Waals surface area contributed by atoms with Crippen molar-refractivity contribution in [3.63, 3.8) is 0 Å². The number of benzene rings is 1. The van der Waals surface area contributed by atoms with Gasteiger partial charge in [-0.3, -0.25) is 0 Å². The van der Waals surface area contributed by atoms with Crippen LogP contribution in [0.5, 0.6) is 11.6 Å². The van der Waals surface area contributed by atoms with Gasteiger partial charge in [0.15, 0.2) is 0 Å². The van der Waals surface area contributed by atoms with E-state index in [4.69, 9.17) is 27.3 Å². The number of aromatic nitrogens is 1. The third-order valence-electron chi connectivity index (χ3n) is 2.40. The Hall–Kier alpha value is -2.25. The van der Waals surface area contributed by atoms with Gasteiger partial charge in [-0.15, -0.1) is 0 Å². The molecule has 2 aromatic rings. The van der Waals surface area contributed by atoms with Crippen molar-refractivity contribution < 1.29 is 4.74 Å². The minimum absolute atomic E-state index is 0.196. The number of rotatable bonds is 2. The maximum absolute atomic E-state index is 8.87. The standard InChI is InChI=1S/C13H10ClN3O/c1-8-2-3-10(16)6-11(8)18-13-12(14)9(7-15)4-5-17-13/h2-6H,16H2,1H3. The monoisotopic (exact) mass is 259 g/mol. The van der Waals surface area contributed by atoms with E-state index in [1.165, 1.54) is 12.3 Å². The number of pyridine rings is 1. The molecule has 0 fully saturated rings. The van der Waals surface area contributed by atoms with Gasteiger partial charge in [-0.05, 0) is 24.6 Å². The summed E-state index contributed by atoms with van der Waals surface area (Å²) in [6.45, 7) is 1.89. The van der Waals surface area contributed by atoms with Crippen LogP contribution in [0.4, 0.5) is 5.69 Å². The molecule has 0 radical (unpaired) electrons. The third-order valence-corrected chi connectivity index (χ3v) is 2.76. The second-order valence-corrected chi connectivity index (χ2v) is 4.09. The van der Waals surface area contributed by atoms with Crippen molar-refractivity contribution in [3.05, 3.63) is 46.6 Å². The molecule has 0 saturated heterocycles. The molecule has 1 heterocycles. The van der Waals surface area contributed by atoms with Crippen LogP contribution in [0.2, 0.25) is 5.02 Å². The number of aryl methyl sites for hydroxylation is 1. The van der Waals surface area contributed by atoms with Gasteiger partial charge in [0, 0.05) is 18.0 Å². The lowest BCUT2D eigenvalue weighted by Crippen LogP contribution is -1.94. The molecule has 0 aliphatic heterocycles. The summed E-state index contributed by atoms with van der Waals surface area (Å²) < 4.78 is 5.59. The highest BCUT2D eigenvalue weighted by Gasteiger charge is 2.10. The molecular weight excluding hydrogens is 250 g/mol. The lowest BCUT2D eigenvalue weighted by molar-refractivity contribution is 0.460. The molecule has 0 saturated carbocycles. The van der Waals surface area contributed by atoms with Crippen LogP contribution in [0.1, 0.15) is 11.1 Å². The smallest absolute Gasteiger partial charge is 0.239 e. The largest absolute Gasteiger partial charge is 0.437 e. The molecular formula is C13H10ClN3O. The summed E-state index contributed by atoms with van der Waals surface area (Å²) in [6, 6.07) is 8.81. The van der Waals surface area contributed by atoms with E-state index in [1.807, 2.05) is 19.1 Å². The Morgan fingerprint density at radius 2 is 2.17 bits per heavy atom. The maximum Gasteiger partial charge on any atom is 0.239 e. The zero-order valence-corrected chi connectivity index (χ0v) is 10.4. The van der Waals surface area contributed by atoms with Crippen molar-refractivity contribution in [3.8, 4) is 17.7 Å². The van der Waals surface area contributed by atoms with Crippen molar-refractivity contribution in [2.24, 2.45) is 0 Å².